The van der Waals surface area contributed by atoms with E-state index in [-0.39, 0.29) is 0 Å². The third kappa shape index (κ3) is 2.15. The van der Waals surface area contributed by atoms with Gasteiger partial charge in [0, 0.05) is 24.8 Å². The monoisotopic (exact) mass is 356 g/mol. The van der Waals surface area contributed by atoms with E-state index in [9.17, 15) is 0 Å². The first-order chi connectivity index (χ1) is 13.9. The van der Waals surface area contributed by atoms with Crippen LogP contribution in [0.4, 0.5) is 0 Å². The van der Waals surface area contributed by atoms with Crippen LogP contribution in [0, 0.1) is 0 Å². The Morgan fingerprint density at radius 3 is 1.21 bits per heavy atom. The maximum atomic E-state index is 4.17. The first-order valence-electron chi connectivity index (χ1n) is 9.41. The molecule has 0 radical (unpaired) electrons. The molecule has 0 spiro atoms. The van der Waals surface area contributed by atoms with E-state index in [0.717, 1.165) is 0 Å². The number of benzene rings is 4. The molecule has 4 aromatic carbocycles. The third-order valence-electron chi connectivity index (χ3n) is 5.65. The minimum absolute atomic E-state index is 1.20. The van der Waals surface area contributed by atoms with Gasteiger partial charge in [-0.1, -0.05) is 48.5 Å². The van der Waals surface area contributed by atoms with Gasteiger partial charge in [0.15, 0.2) is 0 Å². The van der Waals surface area contributed by atoms with Crippen molar-refractivity contribution in [2.24, 2.45) is 0 Å². The van der Waals surface area contributed by atoms with E-state index in [1.165, 1.54) is 54.6 Å². The van der Waals surface area contributed by atoms with Crippen molar-refractivity contribution in [2.75, 3.05) is 0 Å². The molecule has 28 heavy (non-hydrogen) atoms. The molecule has 0 amide bonds. The van der Waals surface area contributed by atoms with Gasteiger partial charge >= 0.3 is 0 Å². The molecule has 0 atom stereocenters. The maximum Gasteiger partial charge on any atom is 0.0273 e. The molecule has 0 saturated carbocycles. The van der Waals surface area contributed by atoms with E-state index in [1.54, 1.807) is 0 Å². The standard InChI is InChI=1S/C26H16N2/c1-5-21(17-9-13-27-14-10-17)23-8-4-20-2-6-22(18-11-15-28-16-12-18)24-7-3-19(1)25(23)26(20)24/h1-16H. The van der Waals surface area contributed by atoms with Crippen LogP contribution < -0.4 is 0 Å². The van der Waals surface area contributed by atoms with E-state index in [1.807, 2.05) is 24.8 Å². The van der Waals surface area contributed by atoms with Gasteiger partial charge in [-0.3, -0.25) is 9.97 Å². The Bertz CT molecular complexity index is 1320. The van der Waals surface area contributed by atoms with E-state index in [2.05, 4.69) is 82.8 Å². The highest BCUT2D eigenvalue weighted by Gasteiger charge is 2.14. The van der Waals surface area contributed by atoms with Crippen molar-refractivity contribution < 1.29 is 0 Å². The van der Waals surface area contributed by atoms with Crippen LogP contribution in [0.1, 0.15) is 0 Å². The molecule has 0 saturated heterocycles. The van der Waals surface area contributed by atoms with E-state index in [4.69, 9.17) is 0 Å². The fourth-order valence-corrected chi connectivity index (χ4v) is 4.37. The smallest absolute Gasteiger partial charge is 0.0273 e. The zero-order valence-electron chi connectivity index (χ0n) is 15.1. The third-order valence-corrected chi connectivity index (χ3v) is 5.65. The number of pyridine rings is 2. The Balaban J connectivity index is 1.76. The number of rotatable bonds is 2. The average Bonchev–Trinajstić information content (AvgIpc) is 2.78. The van der Waals surface area contributed by atoms with Crippen molar-refractivity contribution in [3.8, 4) is 22.3 Å². The molecule has 0 N–H and O–H groups in total. The molecule has 0 fully saturated rings. The van der Waals surface area contributed by atoms with Gasteiger partial charge in [0.1, 0.15) is 0 Å². The van der Waals surface area contributed by atoms with Crippen LogP contribution in [0.15, 0.2) is 97.6 Å². The quantitative estimate of drug-likeness (QED) is 0.322. The van der Waals surface area contributed by atoms with E-state index < -0.39 is 0 Å². The summed E-state index contributed by atoms with van der Waals surface area (Å²) in [6.07, 6.45) is 7.42. The van der Waals surface area contributed by atoms with Gasteiger partial charge in [0.2, 0.25) is 0 Å². The number of nitrogens with zero attached hydrogens (tertiary/aromatic N) is 2. The van der Waals surface area contributed by atoms with Gasteiger partial charge in [-0.15, -0.1) is 0 Å². The molecule has 0 bridgehead atoms. The summed E-state index contributed by atoms with van der Waals surface area (Å²) in [4.78, 5) is 8.35. The number of hydrogen-bond acceptors (Lipinski definition) is 2. The number of hydrogen-bond donors (Lipinski definition) is 0. The van der Waals surface area contributed by atoms with Crippen molar-refractivity contribution in [2.45, 2.75) is 0 Å². The zero-order chi connectivity index (χ0) is 18.5. The summed E-state index contributed by atoms with van der Waals surface area (Å²) in [5.41, 5.74) is 4.89. The van der Waals surface area contributed by atoms with Crippen LogP contribution in [-0.2, 0) is 0 Å². The molecule has 0 aliphatic heterocycles. The minimum Gasteiger partial charge on any atom is -0.265 e. The first-order valence-corrected chi connectivity index (χ1v) is 9.41. The topological polar surface area (TPSA) is 25.8 Å². The summed E-state index contributed by atoms with van der Waals surface area (Å²) in [5, 5.41) is 7.79. The second-order valence-corrected chi connectivity index (χ2v) is 7.12. The maximum absolute atomic E-state index is 4.17. The van der Waals surface area contributed by atoms with Gasteiger partial charge in [-0.2, -0.15) is 0 Å². The van der Waals surface area contributed by atoms with Gasteiger partial charge in [-0.25, -0.2) is 0 Å². The second kappa shape index (κ2) is 5.86. The van der Waals surface area contributed by atoms with Gasteiger partial charge in [0.25, 0.3) is 0 Å². The highest BCUT2D eigenvalue weighted by atomic mass is 14.6. The molecule has 130 valence electrons. The van der Waals surface area contributed by atoms with Crippen molar-refractivity contribution in [3.05, 3.63) is 97.6 Å². The summed E-state index contributed by atoms with van der Waals surface area (Å²) in [6, 6.07) is 26.2. The van der Waals surface area contributed by atoms with Crippen LogP contribution in [0.5, 0.6) is 0 Å². The van der Waals surface area contributed by atoms with E-state index in [0.29, 0.717) is 0 Å². The van der Waals surface area contributed by atoms with Crippen molar-refractivity contribution >= 4 is 32.3 Å². The molecule has 0 aliphatic carbocycles. The fourth-order valence-electron chi connectivity index (χ4n) is 4.37. The lowest BCUT2D eigenvalue weighted by Gasteiger charge is -2.16. The van der Waals surface area contributed by atoms with Crippen molar-refractivity contribution in [1.82, 2.24) is 9.97 Å². The summed E-state index contributed by atoms with van der Waals surface area (Å²) in [7, 11) is 0. The Morgan fingerprint density at radius 2 is 0.786 bits per heavy atom. The molecule has 2 heterocycles. The van der Waals surface area contributed by atoms with Crippen molar-refractivity contribution in [1.29, 1.82) is 0 Å². The normalized spacial score (nSPS) is 11.6. The molecule has 0 unspecified atom stereocenters. The molecule has 2 aromatic heterocycles. The van der Waals surface area contributed by atoms with Crippen LogP contribution in [-0.4, -0.2) is 9.97 Å². The molecule has 6 aromatic rings. The highest BCUT2D eigenvalue weighted by molar-refractivity contribution is 6.27. The summed E-state index contributed by atoms with van der Waals surface area (Å²) in [6.45, 7) is 0. The number of aromatic nitrogens is 2. The lowest BCUT2D eigenvalue weighted by molar-refractivity contribution is 1.33. The lowest BCUT2D eigenvalue weighted by atomic mass is 9.87. The van der Waals surface area contributed by atoms with Gasteiger partial charge in [0.05, 0.1) is 0 Å². The Kier molecular flexibility index (Phi) is 3.20. The van der Waals surface area contributed by atoms with Crippen LogP contribution >= 0.6 is 0 Å². The Morgan fingerprint density at radius 1 is 0.393 bits per heavy atom. The van der Waals surface area contributed by atoms with E-state index >= 15 is 0 Å². The first kappa shape index (κ1) is 15.3. The predicted octanol–water partition coefficient (Wildman–Crippen LogP) is 6.71. The Hall–Kier alpha value is -3.78. The SMILES string of the molecule is c1cc(-c2ccc3ccc4c(-c5ccncc5)ccc5ccc2c3c54)ccn1. The average molecular weight is 356 g/mol. The highest BCUT2D eigenvalue weighted by Crippen LogP contribution is 2.41. The molecular weight excluding hydrogens is 340 g/mol. The predicted molar refractivity (Wildman–Crippen MR) is 117 cm³/mol. The van der Waals surface area contributed by atoms with Gasteiger partial charge < -0.3 is 0 Å². The van der Waals surface area contributed by atoms with Crippen molar-refractivity contribution in [3.63, 3.8) is 0 Å². The fraction of sp³-hybridized carbons (Fsp3) is 0. The zero-order valence-corrected chi connectivity index (χ0v) is 15.1. The largest absolute Gasteiger partial charge is 0.265 e. The lowest BCUT2D eigenvalue weighted by Crippen LogP contribution is -1.89. The van der Waals surface area contributed by atoms with Gasteiger partial charge in [-0.05, 0) is 78.8 Å². The summed E-state index contributed by atoms with van der Waals surface area (Å²) >= 11 is 0. The molecular formula is C26H16N2. The molecule has 2 nitrogen and oxygen atoms in total. The Labute approximate surface area is 162 Å². The van der Waals surface area contributed by atoms with Crippen LogP contribution in [0.2, 0.25) is 0 Å². The molecule has 0 aliphatic rings. The summed E-state index contributed by atoms with van der Waals surface area (Å²) < 4.78 is 0. The molecule has 2 heteroatoms. The molecule has 6 rings (SSSR count). The van der Waals surface area contributed by atoms with Crippen LogP contribution in [0.3, 0.4) is 0 Å². The summed E-state index contributed by atoms with van der Waals surface area (Å²) in [5.74, 6) is 0. The second-order valence-electron chi connectivity index (χ2n) is 7.12. The minimum atomic E-state index is 1.20. The van der Waals surface area contributed by atoms with Crippen LogP contribution in [0.25, 0.3) is 54.6 Å².